The molecule has 2 fully saturated rings. The number of ether oxygens (including phenoxy) is 2. The van der Waals surface area contributed by atoms with Crippen LogP contribution < -0.4 is 10.1 Å². The third-order valence-corrected chi connectivity index (χ3v) is 6.63. The molecule has 1 amide bonds. The molecule has 0 aromatic carbocycles. The lowest BCUT2D eigenvalue weighted by atomic mass is 10.0. The molecule has 0 unspecified atom stereocenters. The topological polar surface area (TPSA) is 93.9 Å². The summed E-state index contributed by atoms with van der Waals surface area (Å²) in [6, 6.07) is 6.80. The molecule has 3 aromatic heterocycles. The van der Waals surface area contributed by atoms with Crippen LogP contribution >= 0.6 is 0 Å². The van der Waals surface area contributed by atoms with Crippen LogP contribution in [-0.2, 0) is 10.2 Å². The fourth-order valence-corrected chi connectivity index (χ4v) is 4.58. The zero-order valence-electron chi connectivity index (χ0n) is 21.1. The monoisotopic (exact) mass is 518 g/mol. The molecule has 9 nitrogen and oxygen atoms in total. The predicted molar refractivity (Wildman–Crippen MR) is 130 cm³/mol. The molecular formula is C25H29F3N6O3. The number of hydrogen-bond acceptors (Lipinski definition) is 7. The first-order chi connectivity index (χ1) is 17.4. The maximum Gasteiger partial charge on any atom is 0.410 e. The summed E-state index contributed by atoms with van der Waals surface area (Å²) in [6.07, 6.45) is -2.59. The molecule has 3 aromatic rings. The number of carbonyl (C=O) groups is 1. The summed E-state index contributed by atoms with van der Waals surface area (Å²) in [5.74, 6) is 0.643. The zero-order valence-corrected chi connectivity index (χ0v) is 21.1. The van der Waals surface area contributed by atoms with Crippen LogP contribution in [0.4, 0.5) is 23.8 Å². The summed E-state index contributed by atoms with van der Waals surface area (Å²) in [7, 11) is 1.33. The average Bonchev–Trinajstić information content (AvgIpc) is 3.34. The van der Waals surface area contributed by atoms with Crippen LogP contribution in [0.25, 0.3) is 17.0 Å². The van der Waals surface area contributed by atoms with Gasteiger partial charge in [0.15, 0.2) is 5.65 Å². The van der Waals surface area contributed by atoms with Gasteiger partial charge in [0.2, 0.25) is 0 Å². The van der Waals surface area contributed by atoms with Crippen LogP contribution in [0, 0.1) is 0 Å². The van der Waals surface area contributed by atoms with Gasteiger partial charge in [0.1, 0.15) is 34.0 Å². The molecule has 1 N–H and O–H groups in total. The molecule has 5 rings (SSSR count). The Kier molecular flexibility index (Phi) is 5.95. The summed E-state index contributed by atoms with van der Waals surface area (Å²) in [5.41, 5.74) is -1.39. The summed E-state index contributed by atoms with van der Waals surface area (Å²) in [4.78, 5) is 23.0. The summed E-state index contributed by atoms with van der Waals surface area (Å²) >= 11 is 0. The third-order valence-electron chi connectivity index (χ3n) is 6.63. The van der Waals surface area contributed by atoms with E-state index in [1.807, 2.05) is 20.8 Å². The molecule has 2 aliphatic rings. The van der Waals surface area contributed by atoms with Gasteiger partial charge in [-0.05, 0) is 52.2 Å². The van der Waals surface area contributed by atoms with E-state index in [2.05, 4.69) is 20.4 Å². The van der Waals surface area contributed by atoms with Gasteiger partial charge in [0, 0.05) is 25.2 Å². The van der Waals surface area contributed by atoms with Gasteiger partial charge in [-0.25, -0.2) is 19.3 Å². The van der Waals surface area contributed by atoms with E-state index in [1.54, 1.807) is 23.1 Å². The number of anilines is 1. The summed E-state index contributed by atoms with van der Waals surface area (Å²) in [5, 5.41) is 7.71. The Labute approximate surface area is 212 Å². The Balaban J connectivity index is 1.39. The van der Waals surface area contributed by atoms with Gasteiger partial charge in [0.05, 0.1) is 19.0 Å². The molecule has 4 heterocycles. The lowest BCUT2D eigenvalue weighted by molar-refractivity contribution is -0.162. The van der Waals surface area contributed by atoms with Gasteiger partial charge < -0.3 is 19.7 Å². The number of alkyl halides is 3. The minimum absolute atomic E-state index is 0.0204. The predicted octanol–water partition coefficient (Wildman–Crippen LogP) is 4.82. The van der Waals surface area contributed by atoms with E-state index >= 15 is 0 Å². The van der Waals surface area contributed by atoms with Crippen LogP contribution in [0.1, 0.15) is 45.7 Å². The second-order valence-corrected chi connectivity index (χ2v) is 10.5. The number of imidazole rings is 1. The number of aromatic nitrogens is 4. The number of methoxy groups -OCH3 is 1. The van der Waals surface area contributed by atoms with E-state index in [0.29, 0.717) is 35.9 Å². The van der Waals surface area contributed by atoms with E-state index in [4.69, 9.17) is 9.47 Å². The number of likely N-dealkylation sites (tertiary alicyclic amines) is 1. The van der Waals surface area contributed by atoms with Crippen molar-refractivity contribution in [2.45, 2.75) is 63.3 Å². The number of nitrogens with zero attached hydrogens (tertiary/aromatic N) is 5. The maximum atomic E-state index is 13.9. The first-order valence-electron chi connectivity index (χ1n) is 12.1. The Hall–Kier alpha value is -3.57. The molecule has 37 heavy (non-hydrogen) atoms. The summed E-state index contributed by atoms with van der Waals surface area (Å²) in [6.45, 7) is 6.52. The van der Waals surface area contributed by atoms with Crippen LogP contribution in [0.5, 0.6) is 5.75 Å². The number of hydrogen-bond donors (Lipinski definition) is 1. The highest BCUT2D eigenvalue weighted by Crippen LogP contribution is 2.60. The van der Waals surface area contributed by atoms with E-state index in [-0.39, 0.29) is 36.4 Å². The van der Waals surface area contributed by atoms with E-state index < -0.39 is 17.2 Å². The van der Waals surface area contributed by atoms with Gasteiger partial charge in [-0.1, -0.05) is 6.07 Å². The second-order valence-electron chi connectivity index (χ2n) is 10.5. The Bertz CT molecular complexity index is 1330. The van der Waals surface area contributed by atoms with Crippen LogP contribution in [0.3, 0.4) is 0 Å². The maximum absolute atomic E-state index is 13.9. The number of carbonyl (C=O) groups excluding carboxylic acids is 1. The molecule has 1 aliphatic carbocycles. The highest BCUT2D eigenvalue weighted by Gasteiger charge is 2.66. The van der Waals surface area contributed by atoms with Crippen molar-refractivity contribution in [2.75, 3.05) is 25.5 Å². The molecule has 12 heteroatoms. The minimum Gasteiger partial charge on any atom is -0.495 e. The SMILES string of the molecule is COc1cc2ncc(-c3cccc(N[C@@H]4CCN(C(=O)OC(C)(C)C)C4)n3)n2nc1C1(C(F)(F)F)CC1. The molecule has 0 radical (unpaired) electrons. The van der Waals surface area contributed by atoms with Crippen molar-refractivity contribution in [1.29, 1.82) is 0 Å². The van der Waals surface area contributed by atoms with Crippen molar-refractivity contribution >= 4 is 17.6 Å². The molecule has 1 saturated carbocycles. The van der Waals surface area contributed by atoms with Gasteiger partial charge in [-0.3, -0.25) is 0 Å². The number of fused-ring (bicyclic) bond motifs is 1. The lowest BCUT2D eigenvalue weighted by Gasteiger charge is -2.24. The average molecular weight is 519 g/mol. The number of nitrogens with one attached hydrogen (secondary N) is 1. The van der Waals surface area contributed by atoms with Crippen LogP contribution in [-0.4, -0.2) is 68.6 Å². The molecule has 0 bridgehead atoms. The van der Waals surface area contributed by atoms with Gasteiger partial charge >= 0.3 is 12.3 Å². The van der Waals surface area contributed by atoms with Crippen LogP contribution in [0.2, 0.25) is 0 Å². The van der Waals surface area contributed by atoms with Crippen molar-refractivity contribution in [1.82, 2.24) is 24.5 Å². The van der Waals surface area contributed by atoms with Crippen molar-refractivity contribution in [2.24, 2.45) is 0 Å². The quantitative estimate of drug-likeness (QED) is 0.518. The van der Waals surface area contributed by atoms with E-state index in [0.717, 1.165) is 6.42 Å². The highest BCUT2D eigenvalue weighted by molar-refractivity contribution is 5.69. The number of rotatable bonds is 5. The number of halogens is 3. The standard InChI is InChI=1S/C25H29F3N6O3/c1-23(2,3)37-22(35)33-11-8-15(14-33)30-19-7-5-6-16(31-19)17-13-29-20-12-18(36-4)21(32-34(17)20)24(9-10-24)25(26,27)28/h5-7,12-13,15H,8-11,14H2,1-4H3,(H,30,31)/t15-/m1/s1. The Morgan fingerprint density at radius 3 is 2.62 bits per heavy atom. The van der Waals surface area contributed by atoms with Gasteiger partial charge in [-0.15, -0.1) is 0 Å². The third kappa shape index (κ3) is 4.76. The first-order valence-corrected chi connectivity index (χ1v) is 12.1. The van der Waals surface area contributed by atoms with Crippen LogP contribution in [0.15, 0.2) is 30.5 Å². The lowest BCUT2D eigenvalue weighted by Crippen LogP contribution is -2.36. The normalized spacial score (nSPS) is 19.2. The molecule has 1 aliphatic heterocycles. The van der Waals surface area contributed by atoms with E-state index in [9.17, 15) is 18.0 Å². The molecule has 198 valence electrons. The number of pyridine rings is 1. The fraction of sp³-hybridized carbons (Fsp3) is 0.520. The minimum atomic E-state index is -4.43. The highest BCUT2D eigenvalue weighted by atomic mass is 19.4. The molecule has 1 atom stereocenters. The largest absolute Gasteiger partial charge is 0.495 e. The van der Waals surface area contributed by atoms with E-state index in [1.165, 1.54) is 23.9 Å². The smallest absolute Gasteiger partial charge is 0.410 e. The van der Waals surface area contributed by atoms with Gasteiger partial charge in [0.25, 0.3) is 0 Å². The van der Waals surface area contributed by atoms with Crippen molar-refractivity contribution in [3.05, 3.63) is 36.2 Å². The first kappa shape index (κ1) is 25.1. The fourth-order valence-electron chi connectivity index (χ4n) is 4.58. The number of amides is 1. The molecular weight excluding hydrogens is 489 g/mol. The Morgan fingerprint density at radius 2 is 1.97 bits per heavy atom. The Morgan fingerprint density at radius 1 is 1.22 bits per heavy atom. The zero-order chi connectivity index (χ0) is 26.6. The molecule has 0 spiro atoms. The summed E-state index contributed by atoms with van der Waals surface area (Å²) < 4.78 is 53.7. The van der Waals surface area contributed by atoms with Crippen molar-refractivity contribution < 1.29 is 27.4 Å². The second kappa shape index (κ2) is 8.77. The van der Waals surface area contributed by atoms with Crippen molar-refractivity contribution in [3.63, 3.8) is 0 Å². The molecule has 1 saturated heterocycles. The van der Waals surface area contributed by atoms with Gasteiger partial charge in [-0.2, -0.15) is 18.3 Å². The van der Waals surface area contributed by atoms with Crippen molar-refractivity contribution in [3.8, 4) is 17.1 Å².